The number of rotatable bonds is 5. The van der Waals surface area contributed by atoms with Crippen LogP contribution in [-0.2, 0) is 12.8 Å². The van der Waals surface area contributed by atoms with Gasteiger partial charge in [-0.25, -0.2) is 0 Å². The number of fused-ring (bicyclic) bond motifs is 1. The Hall–Kier alpha value is -3.65. The van der Waals surface area contributed by atoms with Gasteiger partial charge in [0, 0.05) is 28.0 Å². The molecule has 2 heteroatoms. The molecule has 3 aromatic carbocycles. The number of furan rings is 1. The standard InChI is InChI=1S/C30H27NO/c1-22(29(23-13-5-2-6-14-23)24-15-7-3-8-16-24)31-21-28-26-19-11-12-20-27(26)30(32-28)25-17-9-4-10-18-25/h2-10,13-18,21H,11-12,19-20H2,1H3. The summed E-state index contributed by atoms with van der Waals surface area (Å²) in [5, 5.41) is 0. The average molecular weight is 418 g/mol. The van der Waals surface area contributed by atoms with Gasteiger partial charge in [0.1, 0.15) is 11.5 Å². The third-order valence-electron chi connectivity index (χ3n) is 6.15. The predicted molar refractivity (Wildman–Crippen MR) is 133 cm³/mol. The molecule has 0 fully saturated rings. The van der Waals surface area contributed by atoms with Gasteiger partial charge in [0.2, 0.25) is 0 Å². The summed E-state index contributed by atoms with van der Waals surface area (Å²) < 4.78 is 6.42. The molecule has 1 aliphatic carbocycles. The number of hydrogen-bond acceptors (Lipinski definition) is 2. The van der Waals surface area contributed by atoms with Crippen molar-refractivity contribution in [2.45, 2.75) is 32.6 Å². The summed E-state index contributed by atoms with van der Waals surface area (Å²) in [5.41, 5.74) is 8.28. The van der Waals surface area contributed by atoms with Crippen LogP contribution in [0.4, 0.5) is 0 Å². The van der Waals surface area contributed by atoms with Crippen LogP contribution in [0.3, 0.4) is 0 Å². The molecular weight excluding hydrogens is 390 g/mol. The van der Waals surface area contributed by atoms with Crippen molar-refractivity contribution < 1.29 is 4.42 Å². The lowest BCUT2D eigenvalue weighted by Crippen LogP contribution is -2.02. The zero-order valence-corrected chi connectivity index (χ0v) is 18.4. The Morgan fingerprint density at radius 3 is 1.84 bits per heavy atom. The van der Waals surface area contributed by atoms with Crippen LogP contribution in [0.5, 0.6) is 0 Å². The molecule has 32 heavy (non-hydrogen) atoms. The van der Waals surface area contributed by atoms with Crippen molar-refractivity contribution in [3.63, 3.8) is 0 Å². The number of aliphatic imine (C=N–C) groups is 1. The number of hydrogen-bond donors (Lipinski definition) is 0. The van der Waals surface area contributed by atoms with Crippen molar-refractivity contribution in [1.29, 1.82) is 0 Å². The van der Waals surface area contributed by atoms with E-state index in [1.54, 1.807) is 0 Å². The highest BCUT2D eigenvalue weighted by Gasteiger charge is 2.22. The maximum absolute atomic E-state index is 6.42. The molecule has 0 amide bonds. The highest BCUT2D eigenvalue weighted by atomic mass is 16.3. The van der Waals surface area contributed by atoms with E-state index < -0.39 is 0 Å². The molecule has 4 aromatic rings. The van der Waals surface area contributed by atoms with Gasteiger partial charge in [-0.1, -0.05) is 91.0 Å². The van der Waals surface area contributed by atoms with Gasteiger partial charge in [0.25, 0.3) is 0 Å². The topological polar surface area (TPSA) is 25.5 Å². The predicted octanol–water partition coefficient (Wildman–Crippen LogP) is 7.72. The van der Waals surface area contributed by atoms with E-state index in [0.29, 0.717) is 0 Å². The van der Waals surface area contributed by atoms with Crippen LogP contribution in [0.25, 0.3) is 16.9 Å². The van der Waals surface area contributed by atoms with Gasteiger partial charge >= 0.3 is 0 Å². The van der Waals surface area contributed by atoms with Crippen molar-refractivity contribution in [1.82, 2.24) is 0 Å². The molecule has 0 saturated heterocycles. The summed E-state index contributed by atoms with van der Waals surface area (Å²) in [6, 6.07) is 31.4. The molecule has 1 aromatic heterocycles. The lowest BCUT2D eigenvalue weighted by molar-refractivity contribution is 0.570. The Morgan fingerprint density at radius 1 is 0.719 bits per heavy atom. The Balaban J connectivity index is 1.58. The summed E-state index contributed by atoms with van der Waals surface area (Å²) in [4.78, 5) is 4.92. The lowest BCUT2D eigenvalue weighted by Gasteiger charge is -2.12. The van der Waals surface area contributed by atoms with Gasteiger partial charge < -0.3 is 4.42 Å². The molecule has 0 spiro atoms. The monoisotopic (exact) mass is 417 g/mol. The first-order valence-electron chi connectivity index (χ1n) is 11.4. The molecule has 0 radical (unpaired) electrons. The number of allylic oxidation sites excluding steroid dienone is 1. The second-order valence-corrected chi connectivity index (χ2v) is 8.28. The fourth-order valence-corrected chi connectivity index (χ4v) is 4.60. The molecule has 0 aliphatic heterocycles. The van der Waals surface area contributed by atoms with Crippen molar-refractivity contribution in [3.05, 3.63) is 125 Å². The highest BCUT2D eigenvalue weighted by molar-refractivity contribution is 5.86. The summed E-state index contributed by atoms with van der Waals surface area (Å²) in [6.07, 6.45) is 6.48. The van der Waals surface area contributed by atoms with E-state index in [4.69, 9.17) is 9.41 Å². The van der Waals surface area contributed by atoms with Crippen LogP contribution in [0.2, 0.25) is 0 Å². The van der Waals surface area contributed by atoms with Crippen LogP contribution >= 0.6 is 0 Å². The minimum absolute atomic E-state index is 0.901. The van der Waals surface area contributed by atoms with Crippen LogP contribution in [0.15, 0.2) is 106 Å². The normalized spacial score (nSPS) is 13.2. The zero-order chi connectivity index (χ0) is 21.8. The molecular formula is C30H27NO. The van der Waals surface area contributed by atoms with E-state index in [2.05, 4.69) is 79.7 Å². The Bertz CT molecular complexity index is 1210. The van der Waals surface area contributed by atoms with E-state index in [0.717, 1.165) is 41.2 Å². The van der Waals surface area contributed by atoms with Crippen molar-refractivity contribution in [3.8, 4) is 11.3 Å². The van der Waals surface area contributed by atoms with E-state index in [1.165, 1.54) is 35.1 Å². The highest BCUT2D eigenvalue weighted by Crippen LogP contribution is 2.36. The Kier molecular flexibility index (Phi) is 5.85. The summed E-state index contributed by atoms with van der Waals surface area (Å²) in [6.45, 7) is 2.08. The maximum Gasteiger partial charge on any atom is 0.149 e. The third kappa shape index (κ3) is 4.09. The van der Waals surface area contributed by atoms with E-state index in [-0.39, 0.29) is 0 Å². The summed E-state index contributed by atoms with van der Waals surface area (Å²) >= 11 is 0. The largest absolute Gasteiger partial charge is 0.455 e. The SMILES string of the molecule is CC(N=Cc1oc(-c2ccccc2)c2c1CCCC2)=C(c1ccccc1)c1ccccc1. The Labute approximate surface area is 190 Å². The minimum Gasteiger partial charge on any atom is -0.455 e. The fraction of sp³-hybridized carbons (Fsp3) is 0.167. The van der Waals surface area contributed by atoms with Crippen molar-refractivity contribution in [2.75, 3.05) is 0 Å². The molecule has 158 valence electrons. The van der Waals surface area contributed by atoms with Gasteiger partial charge in [-0.15, -0.1) is 0 Å². The van der Waals surface area contributed by atoms with Gasteiger partial charge in [-0.3, -0.25) is 4.99 Å². The molecule has 0 atom stereocenters. The van der Waals surface area contributed by atoms with Crippen LogP contribution in [-0.4, -0.2) is 6.21 Å². The van der Waals surface area contributed by atoms with E-state index in [1.807, 2.05) is 24.4 Å². The lowest BCUT2D eigenvalue weighted by atomic mass is 9.90. The smallest absolute Gasteiger partial charge is 0.149 e. The van der Waals surface area contributed by atoms with Gasteiger partial charge in [0.15, 0.2) is 0 Å². The third-order valence-corrected chi connectivity index (χ3v) is 6.15. The van der Waals surface area contributed by atoms with Crippen LogP contribution in [0.1, 0.15) is 47.8 Å². The quantitative estimate of drug-likeness (QED) is 0.305. The Morgan fingerprint density at radius 2 is 1.25 bits per heavy atom. The van der Waals surface area contributed by atoms with Crippen LogP contribution in [0, 0.1) is 0 Å². The molecule has 0 N–H and O–H groups in total. The molecule has 1 heterocycles. The first kappa shape index (κ1) is 20.3. The number of nitrogens with zero attached hydrogens (tertiary/aromatic N) is 1. The van der Waals surface area contributed by atoms with Crippen molar-refractivity contribution >= 4 is 11.8 Å². The molecule has 0 unspecified atom stereocenters. The fourth-order valence-electron chi connectivity index (χ4n) is 4.60. The first-order valence-corrected chi connectivity index (χ1v) is 11.4. The minimum atomic E-state index is 0.901. The van der Waals surface area contributed by atoms with Crippen LogP contribution < -0.4 is 0 Å². The first-order chi connectivity index (χ1) is 15.8. The van der Waals surface area contributed by atoms with E-state index in [9.17, 15) is 0 Å². The maximum atomic E-state index is 6.42. The number of benzene rings is 3. The van der Waals surface area contributed by atoms with Gasteiger partial charge in [-0.05, 0) is 43.7 Å². The van der Waals surface area contributed by atoms with Gasteiger partial charge in [0.05, 0.1) is 6.21 Å². The average Bonchev–Trinajstić information content (AvgIpc) is 3.24. The van der Waals surface area contributed by atoms with E-state index >= 15 is 0 Å². The summed E-state index contributed by atoms with van der Waals surface area (Å²) in [5.74, 6) is 1.91. The molecule has 0 saturated carbocycles. The molecule has 2 nitrogen and oxygen atoms in total. The second-order valence-electron chi connectivity index (χ2n) is 8.28. The molecule has 5 rings (SSSR count). The van der Waals surface area contributed by atoms with Gasteiger partial charge in [-0.2, -0.15) is 0 Å². The molecule has 0 bridgehead atoms. The summed E-state index contributed by atoms with van der Waals surface area (Å²) in [7, 11) is 0. The van der Waals surface area contributed by atoms with Crippen molar-refractivity contribution in [2.24, 2.45) is 4.99 Å². The second kappa shape index (κ2) is 9.23. The molecule has 1 aliphatic rings. The zero-order valence-electron chi connectivity index (χ0n) is 18.4.